The molecule has 0 bridgehead atoms. The molecule has 1 N–H and O–H groups in total. The summed E-state index contributed by atoms with van der Waals surface area (Å²) in [6.07, 6.45) is 3.82. The van der Waals surface area contributed by atoms with E-state index < -0.39 is 0 Å². The fraction of sp³-hybridized carbons (Fsp3) is 0.368. The van der Waals surface area contributed by atoms with E-state index in [1.54, 1.807) is 11.1 Å². The number of aryl methyl sites for hydroxylation is 2. The van der Waals surface area contributed by atoms with E-state index in [1.807, 2.05) is 11.8 Å². The van der Waals surface area contributed by atoms with Gasteiger partial charge in [0, 0.05) is 16.6 Å². The predicted molar refractivity (Wildman–Crippen MR) is 93.3 cm³/mol. The first kappa shape index (κ1) is 14.5. The molecule has 21 heavy (non-hydrogen) atoms. The number of hydrogen-bond acceptors (Lipinski definition) is 2. The van der Waals surface area contributed by atoms with Crippen LogP contribution >= 0.6 is 11.8 Å². The molecule has 0 aliphatic heterocycles. The Hall–Kier alpha value is -1.41. The van der Waals surface area contributed by atoms with Gasteiger partial charge in [-0.2, -0.15) is 0 Å². The molecule has 0 spiro atoms. The van der Waals surface area contributed by atoms with Gasteiger partial charge in [-0.3, -0.25) is 0 Å². The molecule has 2 heteroatoms. The lowest BCUT2D eigenvalue weighted by Crippen LogP contribution is -2.08. The van der Waals surface area contributed by atoms with Gasteiger partial charge < -0.3 is 5.32 Å². The van der Waals surface area contributed by atoms with Crippen molar-refractivity contribution in [2.75, 3.05) is 11.1 Å². The number of para-hydroxylation sites is 1. The smallest absolute Gasteiger partial charge is 0.0486 e. The third kappa shape index (κ3) is 3.26. The lowest BCUT2D eigenvalue weighted by molar-refractivity contribution is 0.874. The standard InChI is InChI=1S/C19H23NS/c1-3-21-19-10-5-4-9-18(19)20-14(2)16-12-11-15-7-6-8-17(15)13-16/h4-5,9-14,20H,3,6-8H2,1-2H3. The number of rotatable bonds is 5. The van der Waals surface area contributed by atoms with Gasteiger partial charge >= 0.3 is 0 Å². The zero-order chi connectivity index (χ0) is 14.7. The molecule has 1 atom stereocenters. The fourth-order valence-corrected chi connectivity index (χ4v) is 3.81. The quantitative estimate of drug-likeness (QED) is 0.735. The van der Waals surface area contributed by atoms with E-state index in [0.717, 1.165) is 5.75 Å². The Balaban J connectivity index is 1.78. The van der Waals surface area contributed by atoms with Crippen LogP contribution in [0.1, 0.15) is 43.0 Å². The SMILES string of the molecule is CCSc1ccccc1NC(C)c1ccc2c(c1)CCC2. The van der Waals surface area contributed by atoms with Crippen molar-refractivity contribution in [3.05, 3.63) is 59.2 Å². The zero-order valence-corrected chi connectivity index (χ0v) is 13.7. The maximum absolute atomic E-state index is 3.68. The normalized spacial score (nSPS) is 14.8. The molecule has 110 valence electrons. The Morgan fingerprint density at radius 1 is 1.10 bits per heavy atom. The first-order valence-electron chi connectivity index (χ1n) is 7.88. The minimum Gasteiger partial charge on any atom is -0.378 e. The van der Waals surface area contributed by atoms with E-state index in [2.05, 4.69) is 61.6 Å². The van der Waals surface area contributed by atoms with Crippen molar-refractivity contribution in [3.63, 3.8) is 0 Å². The molecule has 0 amide bonds. The molecule has 2 aromatic rings. The van der Waals surface area contributed by atoms with Gasteiger partial charge in [0.05, 0.1) is 0 Å². The van der Waals surface area contributed by atoms with E-state index in [-0.39, 0.29) is 0 Å². The second-order valence-electron chi connectivity index (χ2n) is 5.68. The molecule has 0 heterocycles. The highest BCUT2D eigenvalue weighted by molar-refractivity contribution is 7.99. The van der Waals surface area contributed by atoms with Crippen LogP contribution in [0.25, 0.3) is 0 Å². The van der Waals surface area contributed by atoms with Gasteiger partial charge in [-0.25, -0.2) is 0 Å². The van der Waals surface area contributed by atoms with E-state index >= 15 is 0 Å². The van der Waals surface area contributed by atoms with Crippen LogP contribution in [0.5, 0.6) is 0 Å². The number of hydrogen-bond donors (Lipinski definition) is 1. The summed E-state index contributed by atoms with van der Waals surface area (Å²) in [5.41, 5.74) is 5.74. The molecular weight excluding hydrogens is 274 g/mol. The van der Waals surface area contributed by atoms with Crippen molar-refractivity contribution >= 4 is 17.4 Å². The van der Waals surface area contributed by atoms with E-state index in [0.29, 0.717) is 6.04 Å². The van der Waals surface area contributed by atoms with Crippen molar-refractivity contribution in [3.8, 4) is 0 Å². The highest BCUT2D eigenvalue weighted by atomic mass is 32.2. The van der Waals surface area contributed by atoms with E-state index in [9.17, 15) is 0 Å². The van der Waals surface area contributed by atoms with Gasteiger partial charge in [0.25, 0.3) is 0 Å². The maximum atomic E-state index is 3.68. The van der Waals surface area contributed by atoms with Crippen molar-refractivity contribution in [1.82, 2.24) is 0 Å². The molecule has 0 fully saturated rings. The summed E-state index contributed by atoms with van der Waals surface area (Å²) in [7, 11) is 0. The minimum absolute atomic E-state index is 0.342. The van der Waals surface area contributed by atoms with Crippen LogP contribution in [0, 0.1) is 0 Å². The van der Waals surface area contributed by atoms with Crippen LogP contribution in [0.3, 0.4) is 0 Å². The summed E-state index contributed by atoms with van der Waals surface area (Å²) < 4.78 is 0. The summed E-state index contributed by atoms with van der Waals surface area (Å²) in [4.78, 5) is 1.34. The van der Waals surface area contributed by atoms with Crippen molar-refractivity contribution in [2.45, 2.75) is 44.0 Å². The van der Waals surface area contributed by atoms with Crippen molar-refractivity contribution < 1.29 is 0 Å². The third-order valence-corrected chi connectivity index (χ3v) is 5.14. The molecule has 0 saturated carbocycles. The van der Waals surface area contributed by atoms with Crippen LogP contribution < -0.4 is 5.32 Å². The molecule has 2 aromatic carbocycles. The summed E-state index contributed by atoms with van der Waals surface area (Å²) in [6.45, 7) is 4.45. The summed E-state index contributed by atoms with van der Waals surface area (Å²) in [5, 5.41) is 3.68. The minimum atomic E-state index is 0.342. The molecule has 1 aliphatic carbocycles. The first-order valence-corrected chi connectivity index (χ1v) is 8.86. The number of fused-ring (bicyclic) bond motifs is 1. The second-order valence-corrected chi connectivity index (χ2v) is 6.98. The van der Waals surface area contributed by atoms with Gasteiger partial charge in [-0.1, -0.05) is 37.3 Å². The lowest BCUT2D eigenvalue weighted by atomic mass is 10.0. The highest BCUT2D eigenvalue weighted by Crippen LogP contribution is 2.31. The second kappa shape index (κ2) is 6.57. The van der Waals surface area contributed by atoms with Gasteiger partial charge in [0.2, 0.25) is 0 Å². The van der Waals surface area contributed by atoms with Crippen LogP contribution in [0.4, 0.5) is 5.69 Å². The Labute approximate surface area is 132 Å². The van der Waals surface area contributed by atoms with Gasteiger partial charge in [0.1, 0.15) is 0 Å². The highest BCUT2D eigenvalue weighted by Gasteiger charge is 2.14. The zero-order valence-electron chi connectivity index (χ0n) is 12.9. The molecule has 1 unspecified atom stereocenters. The van der Waals surface area contributed by atoms with Gasteiger partial charge in [-0.15, -0.1) is 11.8 Å². The Bertz CT molecular complexity index is 621. The van der Waals surface area contributed by atoms with Crippen LogP contribution in [-0.2, 0) is 12.8 Å². The Morgan fingerprint density at radius 3 is 2.76 bits per heavy atom. The lowest BCUT2D eigenvalue weighted by Gasteiger charge is -2.19. The van der Waals surface area contributed by atoms with E-state index in [1.165, 1.54) is 35.4 Å². The van der Waals surface area contributed by atoms with Gasteiger partial charge in [0.15, 0.2) is 0 Å². The van der Waals surface area contributed by atoms with Crippen LogP contribution in [0.15, 0.2) is 47.4 Å². The molecule has 0 radical (unpaired) electrons. The summed E-state index contributed by atoms with van der Waals surface area (Å²) in [6, 6.07) is 16.0. The number of anilines is 1. The summed E-state index contributed by atoms with van der Waals surface area (Å²) >= 11 is 1.90. The van der Waals surface area contributed by atoms with Crippen LogP contribution in [0.2, 0.25) is 0 Å². The van der Waals surface area contributed by atoms with Crippen LogP contribution in [-0.4, -0.2) is 5.75 Å². The molecular formula is C19H23NS. The topological polar surface area (TPSA) is 12.0 Å². The maximum Gasteiger partial charge on any atom is 0.0486 e. The first-order chi connectivity index (χ1) is 10.3. The Morgan fingerprint density at radius 2 is 1.90 bits per heavy atom. The summed E-state index contributed by atoms with van der Waals surface area (Å²) in [5.74, 6) is 1.10. The predicted octanol–water partition coefficient (Wildman–Crippen LogP) is 5.46. The molecule has 0 saturated heterocycles. The van der Waals surface area contributed by atoms with Crippen molar-refractivity contribution in [2.24, 2.45) is 0 Å². The molecule has 0 aromatic heterocycles. The Kier molecular flexibility index (Phi) is 4.54. The molecule has 1 nitrogen and oxygen atoms in total. The molecule has 3 rings (SSSR count). The molecule has 1 aliphatic rings. The largest absolute Gasteiger partial charge is 0.378 e. The number of thioether (sulfide) groups is 1. The number of benzene rings is 2. The number of nitrogens with one attached hydrogen (secondary N) is 1. The average Bonchev–Trinajstić information content (AvgIpc) is 2.97. The van der Waals surface area contributed by atoms with Gasteiger partial charge in [-0.05, 0) is 60.8 Å². The average molecular weight is 297 g/mol. The van der Waals surface area contributed by atoms with Crippen molar-refractivity contribution in [1.29, 1.82) is 0 Å². The monoisotopic (exact) mass is 297 g/mol. The third-order valence-electron chi connectivity index (χ3n) is 4.18. The fourth-order valence-electron chi connectivity index (χ4n) is 3.04. The van der Waals surface area contributed by atoms with E-state index in [4.69, 9.17) is 0 Å².